The molecule has 5 heteroatoms. The summed E-state index contributed by atoms with van der Waals surface area (Å²) in [6, 6.07) is 28.4. The van der Waals surface area contributed by atoms with Gasteiger partial charge in [-0.25, -0.2) is 0 Å². The van der Waals surface area contributed by atoms with E-state index in [0.717, 1.165) is 18.6 Å². The molecule has 3 aromatic carbocycles. The molecule has 160 valence electrons. The number of benzene rings is 3. The number of amides is 1. The summed E-state index contributed by atoms with van der Waals surface area (Å²) in [5.74, 6) is -0.201. The highest BCUT2D eigenvalue weighted by molar-refractivity contribution is 5.97. The molecule has 1 aliphatic heterocycles. The average Bonchev–Trinajstić information content (AvgIpc) is 2.86. The summed E-state index contributed by atoms with van der Waals surface area (Å²) in [5.41, 5.74) is 3.22. The average molecular weight is 424 g/mol. The van der Waals surface area contributed by atoms with Crippen molar-refractivity contribution < 1.29 is 4.79 Å². The summed E-state index contributed by atoms with van der Waals surface area (Å²) in [7, 11) is 0. The van der Waals surface area contributed by atoms with Crippen molar-refractivity contribution in [1.82, 2.24) is 14.8 Å². The minimum absolute atomic E-state index is 0.138. The Hall–Kier alpha value is -3.70. The molecule has 5 rings (SSSR count). The molecule has 32 heavy (non-hydrogen) atoms. The van der Waals surface area contributed by atoms with Gasteiger partial charge >= 0.3 is 0 Å². The zero-order valence-electron chi connectivity index (χ0n) is 17.8. The van der Waals surface area contributed by atoms with E-state index in [1.165, 1.54) is 11.1 Å². The second-order valence-electron chi connectivity index (χ2n) is 8.13. The van der Waals surface area contributed by atoms with Gasteiger partial charge in [-0.15, -0.1) is 0 Å². The van der Waals surface area contributed by atoms with E-state index in [2.05, 4.69) is 58.4 Å². The predicted octanol–water partition coefficient (Wildman–Crippen LogP) is 4.08. The van der Waals surface area contributed by atoms with Gasteiger partial charge in [-0.2, -0.15) is 0 Å². The topological polar surface area (TPSA) is 56.4 Å². The number of aromatic amines is 1. The molecule has 0 aliphatic carbocycles. The molecule has 1 aliphatic rings. The number of carbonyl (C=O) groups excluding carboxylic acids is 1. The van der Waals surface area contributed by atoms with Crippen molar-refractivity contribution in [2.45, 2.75) is 6.04 Å². The monoisotopic (exact) mass is 423 g/mol. The maximum absolute atomic E-state index is 13.2. The quantitative estimate of drug-likeness (QED) is 0.538. The first kappa shape index (κ1) is 20.2. The zero-order valence-corrected chi connectivity index (χ0v) is 17.8. The van der Waals surface area contributed by atoms with Crippen LogP contribution in [0.15, 0.2) is 95.9 Å². The molecule has 0 radical (unpaired) electrons. The summed E-state index contributed by atoms with van der Waals surface area (Å²) < 4.78 is 0. The van der Waals surface area contributed by atoms with Crippen molar-refractivity contribution in [3.05, 3.63) is 118 Å². The van der Waals surface area contributed by atoms with Crippen molar-refractivity contribution in [2.75, 3.05) is 26.2 Å². The van der Waals surface area contributed by atoms with E-state index in [4.69, 9.17) is 0 Å². The third-order valence-corrected chi connectivity index (χ3v) is 6.22. The highest BCUT2D eigenvalue weighted by Gasteiger charge is 2.29. The Balaban J connectivity index is 1.37. The second-order valence-corrected chi connectivity index (χ2v) is 8.13. The highest BCUT2D eigenvalue weighted by Crippen LogP contribution is 2.29. The van der Waals surface area contributed by atoms with Gasteiger partial charge in [0.15, 0.2) is 0 Å². The lowest BCUT2D eigenvalue weighted by atomic mass is 9.96. The standard InChI is InChI=1S/C27H25N3O2/c31-26-22-13-7-8-14-24(22)28-19-23(26)27(32)30-17-15-29(16-18-30)25(20-9-3-1-4-10-20)21-11-5-2-6-12-21/h1-14,19,25H,15-18H2,(H,28,31). The number of aromatic nitrogens is 1. The van der Waals surface area contributed by atoms with Gasteiger partial charge in [-0.1, -0.05) is 72.8 Å². The molecule has 1 fully saturated rings. The van der Waals surface area contributed by atoms with E-state index >= 15 is 0 Å². The van der Waals surface area contributed by atoms with E-state index in [1.54, 1.807) is 17.2 Å². The van der Waals surface area contributed by atoms with Gasteiger partial charge in [0.25, 0.3) is 5.91 Å². The van der Waals surface area contributed by atoms with Gasteiger partial charge in [0.2, 0.25) is 5.43 Å². The number of para-hydroxylation sites is 1. The van der Waals surface area contributed by atoms with Gasteiger partial charge in [0.1, 0.15) is 5.56 Å². The van der Waals surface area contributed by atoms with Crippen molar-refractivity contribution in [3.63, 3.8) is 0 Å². The van der Waals surface area contributed by atoms with E-state index < -0.39 is 0 Å². The van der Waals surface area contributed by atoms with Gasteiger partial charge < -0.3 is 9.88 Å². The molecular formula is C27H25N3O2. The summed E-state index contributed by atoms with van der Waals surface area (Å²) in [6.45, 7) is 2.65. The van der Waals surface area contributed by atoms with Crippen molar-refractivity contribution >= 4 is 16.8 Å². The molecule has 2 heterocycles. The number of H-pyrrole nitrogens is 1. The van der Waals surface area contributed by atoms with E-state index in [0.29, 0.717) is 18.5 Å². The zero-order chi connectivity index (χ0) is 21.9. The van der Waals surface area contributed by atoms with Crippen LogP contribution >= 0.6 is 0 Å². The first-order valence-electron chi connectivity index (χ1n) is 11.0. The number of hydrogen-bond donors (Lipinski definition) is 1. The van der Waals surface area contributed by atoms with Gasteiger partial charge in [-0.3, -0.25) is 14.5 Å². The third kappa shape index (κ3) is 3.83. The van der Waals surface area contributed by atoms with Crippen LogP contribution in [0.4, 0.5) is 0 Å². The lowest BCUT2D eigenvalue weighted by Crippen LogP contribution is -2.50. The second kappa shape index (κ2) is 8.81. The van der Waals surface area contributed by atoms with Crippen LogP contribution < -0.4 is 5.43 Å². The van der Waals surface area contributed by atoms with Gasteiger partial charge in [-0.05, 0) is 23.3 Å². The molecule has 4 aromatic rings. The van der Waals surface area contributed by atoms with Crippen LogP contribution in [0.3, 0.4) is 0 Å². The van der Waals surface area contributed by atoms with Gasteiger partial charge in [0, 0.05) is 43.3 Å². The van der Waals surface area contributed by atoms with Crippen LogP contribution in [0.1, 0.15) is 27.5 Å². The number of nitrogens with one attached hydrogen (secondary N) is 1. The number of fused-ring (bicyclic) bond motifs is 1. The molecular weight excluding hydrogens is 398 g/mol. The largest absolute Gasteiger partial charge is 0.360 e. The molecule has 0 atom stereocenters. The molecule has 1 amide bonds. The van der Waals surface area contributed by atoms with Crippen molar-refractivity contribution in [2.24, 2.45) is 0 Å². The van der Waals surface area contributed by atoms with Crippen LogP contribution in [0, 0.1) is 0 Å². The minimum Gasteiger partial charge on any atom is -0.360 e. The number of carbonyl (C=O) groups is 1. The Morgan fingerprint density at radius 1 is 0.750 bits per heavy atom. The molecule has 0 bridgehead atoms. The third-order valence-electron chi connectivity index (χ3n) is 6.22. The Kier molecular flexibility index (Phi) is 5.57. The lowest BCUT2D eigenvalue weighted by molar-refractivity contribution is 0.0596. The van der Waals surface area contributed by atoms with Crippen LogP contribution in [0.25, 0.3) is 10.9 Å². The Morgan fingerprint density at radius 2 is 1.31 bits per heavy atom. The first-order valence-corrected chi connectivity index (χ1v) is 11.0. The number of piperazine rings is 1. The maximum atomic E-state index is 13.2. The fourth-order valence-corrected chi connectivity index (χ4v) is 4.56. The molecule has 1 N–H and O–H groups in total. The maximum Gasteiger partial charge on any atom is 0.259 e. The Morgan fingerprint density at radius 3 is 1.94 bits per heavy atom. The van der Waals surface area contributed by atoms with Crippen LogP contribution in [0.5, 0.6) is 0 Å². The fraction of sp³-hybridized carbons (Fsp3) is 0.185. The van der Waals surface area contributed by atoms with Crippen LogP contribution in [-0.4, -0.2) is 46.9 Å². The van der Waals surface area contributed by atoms with Crippen molar-refractivity contribution in [3.8, 4) is 0 Å². The van der Waals surface area contributed by atoms with Crippen molar-refractivity contribution in [1.29, 1.82) is 0 Å². The summed E-state index contributed by atoms with van der Waals surface area (Å²) >= 11 is 0. The van der Waals surface area contributed by atoms with E-state index in [1.807, 2.05) is 30.3 Å². The Labute approximate surface area is 186 Å². The molecule has 5 nitrogen and oxygen atoms in total. The molecule has 1 saturated heterocycles. The SMILES string of the molecule is O=C(c1c[nH]c2ccccc2c1=O)N1CCN(C(c2ccccc2)c2ccccc2)CC1. The fourth-order valence-electron chi connectivity index (χ4n) is 4.56. The first-order chi connectivity index (χ1) is 15.7. The summed E-state index contributed by atoms with van der Waals surface area (Å²) in [6.07, 6.45) is 1.55. The number of nitrogens with zero attached hydrogens (tertiary/aromatic N) is 2. The van der Waals surface area contributed by atoms with Gasteiger partial charge in [0.05, 0.1) is 6.04 Å². The highest BCUT2D eigenvalue weighted by atomic mass is 16.2. The normalized spacial score (nSPS) is 14.7. The Bertz CT molecular complexity index is 1240. The van der Waals surface area contributed by atoms with Crippen LogP contribution in [0.2, 0.25) is 0 Å². The number of pyridine rings is 1. The number of hydrogen-bond acceptors (Lipinski definition) is 3. The minimum atomic E-state index is -0.210. The van der Waals surface area contributed by atoms with Crippen LogP contribution in [-0.2, 0) is 0 Å². The summed E-state index contributed by atoms with van der Waals surface area (Å²) in [5, 5.41) is 0.546. The molecule has 0 spiro atoms. The molecule has 1 aromatic heterocycles. The number of rotatable bonds is 4. The smallest absolute Gasteiger partial charge is 0.259 e. The molecule has 0 unspecified atom stereocenters. The van der Waals surface area contributed by atoms with E-state index in [-0.39, 0.29) is 22.9 Å². The molecule has 0 saturated carbocycles. The van der Waals surface area contributed by atoms with E-state index in [9.17, 15) is 9.59 Å². The summed E-state index contributed by atoms with van der Waals surface area (Å²) in [4.78, 5) is 33.3. The lowest BCUT2D eigenvalue weighted by Gasteiger charge is -2.39. The predicted molar refractivity (Wildman–Crippen MR) is 127 cm³/mol.